The van der Waals surface area contributed by atoms with Gasteiger partial charge in [0.05, 0.1) is 25.4 Å². The van der Waals surface area contributed by atoms with Crippen LogP contribution in [-0.2, 0) is 9.47 Å². The maximum Gasteiger partial charge on any atom is 0.251 e. The van der Waals surface area contributed by atoms with Crippen molar-refractivity contribution in [1.82, 2.24) is 10.3 Å². The van der Waals surface area contributed by atoms with Crippen LogP contribution in [0.25, 0.3) is 0 Å². The molecule has 3 atom stereocenters. The fourth-order valence-electron chi connectivity index (χ4n) is 3.50. The first-order chi connectivity index (χ1) is 12.8. The van der Waals surface area contributed by atoms with Crippen molar-refractivity contribution < 1.29 is 19.0 Å². The van der Waals surface area contributed by atoms with E-state index in [0.29, 0.717) is 30.4 Å². The fourth-order valence-corrected chi connectivity index (χ4v) is 3.50. The number of hydrogen-bond acceptors (Lipinski definition) is 5. The van der Waals surface area contributed by atoms with Crippen LogP contribution in [0.15, 0.2) is 48.7 Å². The largest absolute Gasteiger partial charge is 0.439 e. The third-order valence-electron chi connectivity index (χ3n) is 4.77. The zero-order valence-corrected chi connectivity index (χ0v) is 14.5. The molecule has 0 spiro atoms. The van der Waals surface area contributed by atoms with E-state index in [2.05, 4.69) is 10.3 Å². The van der Waals surface area contributed by atoms with Crippen molar-refractivity contribution in [3.63, 3.8) is 0 Å². The van der Waals surface area contributed by atoms with E-state index in [0.717, 1.165) is 19.3 Å². The molecular weight excluding hydrogens is 332 g/mol. The molecule has 1 amide bonds. The van der Waals surface area contributed by atoms with Crippen LogP contribution in [0.3, 0.4) is 0 Å². The zero-order valence-electron chi connectivity index (χ0n) is 14.5. The van der Waals surface area contributed by atoms with E-state index in [1.54, 1.807) is 24.4 Å². The molecule has 1 saturated heterocycles. The summed E-state index contributed by atoms with van der Waals surface area (Å²) in [6, 6.07) is 12.7. The maximum absolute atomic E-state index is 12.6. The van der Waals surface area contributed by atoms with Crippen molar-refractivity contribution in [3.05, 3.63) is 54.2 Å². The molecule has 2 aliphatic rings. The summed E-state index contributed by atoms with van der Waals surface area (Å²) < 4.78 is 17.2. The standard InChI is InChI=1S/C20H22N2O4/c23-20(22-15-7-8-17-18(13-15)25-11-10-24-17)14-4-3-5-16(12-14)26-19-6-1-2-9-21-19/h1-6,9,12,15,17-18H,7-8,10-11,13H2,(H,22,23)/t15-,17-,18+/m1/s1. The van der Waals surface area contributed by atoms with Crippen LogP contribution in [0, 0.1) is 0 Å². The van der Waals surface area contributed by atoms with Crippen molar-refractivity contribution in [2.75, 3.05) is 13.2 Å². The molecule has 0 bridgehead atoms. The lowest BCUT2D eigenvalue weighted by atomic mass is 9.89. The van der Waals surface area contributed by atoms with Gasteiger partial charge in [-0.25, -0.2) is 4.98 Å². The smallest absolute Gasteiger partial charge is 0.251 e. The molecule has 136 valence electrons. The number of hydrogen-bond donors (Lipinski definition) is 1. The molecule has 1 aromatic heterocycles. The van der Waals surface area contributed by atoms with Crippen molar-refractivity contribution in [1.29, 1.82) is 0 Å². The van der Waals surface area contributed by atoms with Crippen molar-refractivity contribution >= 4 is 5.91 Å². The molecule has 26 heavy (non-hydrogen) atoms. The van der Waals surface area contributed by atoms with E-state index in [1.165, 1.54) is 0 Å². The highest BCUT2D eigenvalue weighted by atomic mass is 16.6. The Morgan fingerprint density at radius 2 is 1.96 bits per heavy atom. The molecule has 6 nitrogen and oxygen atoms in total. The second kappa shape index (κ2) is 7.85. The number of nitrogens with one attached hydrogen (secondary N) is 1. The summed E-state index contributed by atoms with van der Waals surface area (Å²) >= 11 is 0. The number of benzene rings is 1. The van der Waals surface area contributed by atoms with Gasteiger partial charge in [-0.05, 0) is 43.5 Å². The molecule has 6 heteroatoms. The molecule has 1 N–H and O–H groups in total. The lowest BCUT2D eigenvalue weighted by molar-refractivity contribution is -0.157. The SMILES string of the molecule is O=C(N[C@@H]1CC[C@H]2OCCO[C@H]2C1)c1cccc(Oc2ccccn2)c1. The van der Waals surface area contributed by atoms with E-state index in [1.807, 2.05) is 24.3 Å². The normalized spacial score (nSPS) is 25.2. The minimum Gasteiger partial charge on any atom is -0.439 e. The lowest BCUT2D eigenvalue weighted by Crippen LogP contribution is -2.49. The van der Waals surface area contributed by atoms with Crippen LogP contribution in [0.1, 0.15) is 29.6 Å². The first-order valence-corrected chi connectivity index (χ1v) is 9.01. The average molecular weight is 354 g/mol. The van der Waals surface area contributed by atoms with Crippen LogP contribution in [0.2, 0.25) is 0 Å². The Labute approximate surface area is 152 Å². The van der Waals surface area contributed by atoms with E-state index < -0.39 is 0 Å². The van der Waals surface area contributed by atoms with Gasteiger partial charge in [-0.1, -0.05) is 12.1 Å². The summed E-state index contributed by atoms with van der Waals surface area (Å²) in [5.74, 6) is 0.985. The third kappa shape index (κ3) is 4.03. The Morgan fingerprint density at radius 1 is 1.08 bits per heavy atom. The summed E-state index contributed by atoms with van der Waals surface area (Å²) in [7, 11) is 0. The second-order valence-electron chi connectivity index (χ2n) is 6.60. The number of aromatic nitrogens is 1. The van der Waals surface area contributed by atoms with Crippen LogP contribution >= 0.6 is 0 Å². The summed E-state index contributed by atoms with van der Waals surface area (Å²) in [6.07, 6.45) is 4.53. The van der Waals surface area contributed by atoms with Gasteiger partial charge < -0.3 is 19.5 Å². The number of fused-ring (bicyclic) bond motifs is 1. The lowest BCUT2D eigenvalue weighted by Gasteiger charge is -2.39. The molecule has 2 fully saturated rings. The topological polar surface area (TPSA) is 69.7 Å². The summed E-state index contributed by atoms with van der Waals surface area (Å²) in [6.45, 7) is 1.30. The predicted molar refractivity (Wildman–Crippen MR) is 95.3 cm³/mol. The second-order valence-corrected chi connectivity index (χ2v) is 6.60. The number of rotatable bonds is 4. The quantitative estimate of drug-likeness (QED) is 0.914. The van der Waals surface area contributed by atoms with E-state index in [9.17, 15) is 4.79 Å². The maximum atomic E-state index is 12.6. The van der Waals surface area contributed by atoms with Gasteiger partial charge in [-0.3, -0.25) is 4.79 Å². The predicted octanol–water partition coefficient (Wildman–Crippen LogP) is 2.94. The monoisotopic (exact) mass is 354 g/mol. The Balaban J connectivity index is 1.38. The summed E-state index contributed by atoms with van der Waals surface area (Å²) in [5, 5.41) is 3.11. The highest BCUT2D eigenvalue weighted by Gasteiger charge is 2.34. The molecule has 1 aliphatic heterocycles. The van der Waals surface area contributed by atoms with Crippen LogP contribution in [-0.4, -0.2) is 42.4 Å². The molecule has 0 unspecified atom stereocenters. The van der Waals surface area contributed by atoms with Crippen molar-refractivity contribution in [3.8, 4) is 11.6 Å². The first-order valence-electron chi connectivity index (χ1n) is 9.01. The Morgan fingerprint density at radius 3 is 2.81 bits per heavy atom. The number of pyridine rings is 1. The van der Waals surface area contributed by atoms with Gasteiger partial charge in [0.1, 0.15) is 5.75 Å². The fraction of sp³-hybridized carbons (Fsp3) is 0.400. The number of ether oxygens (including phenoxy) is 3. The molecule has 4 rings (SSSR count). The van der Waals surface area contributed by atoms with E-state index >= 15 is 0 Å². The molecule has 1 saturated carbocycles. The third-order valence-corrected chi connectivity index (χ3v) is 4.77. The highest BCUT2D eigenvalue weighted by molar-refractivity contribution is 5.94. The van der Waals surface area contributed by atoms with Crippen LogP contribution in [0.4, 0.5) is 0 Å². The Hall–Kier alpha value is -2.44. The minimum atomic E-state index is -0.100. The van der Waals surface area contributed by atoms with Gasteiger partial charge in [0.15, 0.2) is 0 Å². The highest BCUT2D eigenvalue weighted by Crippen LogP contribution is 2.27. The van der Waals surface area contributed by atoms with Gasteiger partial charge in [0, 0.05) is 23.9 Å². The van der Waals surface area contributed by atoms with Crippen LogP contribution < -0.4 is 10.1 Å². The first kappa shape index (κ1) is 17.0. The Bertz CT molecular complexity index is 752. The molecule has 1 aliphatic carbocycles. The molecule has 0 radical (unpaired) electrons. The van der Waals surface area contributed by atoms with E-state index in [-0.39, 0.29) is 24.2 Å². The van der Waals surface area contributed by atoms with E-state index in [4.69, 9.17) is 14.2 Å². The van der Waals surface area contributed by atoms with Crippen molar-refractivity contribution in [2.45, 2.75) is 37.5 Å². The number of nitrogens with zero attached hydrogens (tertiary/aromatic N) is 1. The molecule has 2 aromatic rings. The van der Waals surface area contributed by atoms with Gasteiger partial charge in [0.25, 0.3) is 5.91 Å². The molecule has 1 aromatic carbocycles. The summed E-state index contributed by atoms with van der Waals surface area (Å²) in [4.78, 5) is 16.8. The number of carbonyl (C=O) groups excluding carboxylic acids is 1. The van der Waals surface area contributed by atoms with Crippen molar-refractivity contribution in [2.24, 2.45) is 0 Å². The molecule has 2 heterocycles. The minimum absolute atomic E-state index is 0.0848. The zero-order chi connectivity index (χ0) is 17.8. The van der Waals surface area contributed by atoms with Gasteiger partial charge in [-0.15, -0.1) is 0 Å². The van der Waals surface area contributed by atoms with Gasteiger partial charge in [-0.2, -0.15) is 0 Å². The van der Waals surface area contributed by atoms with Gasteiger partial charge in [0.2, 0.25) is 5.88 Å². The average Bonchev–Trinajstić information content (AvgIpc) is 2.69. The number of carbonyl (C=O) groups is 1. The number of amides is 1. The van der Waals surface area contributed by atoms with Gasteiger partial charge >= 0.3 is 0 Å². The summed E-state index contributed by atoms with van der Waals surface area (Å²) in [5.41, 5.74) is 0.571. The van der Waals surface area contributed by atoms with Crippen LogP contribution in [0.5, 0.6) is 11.6 Å². The Kier molecular flexibility index (Phi) is 5.13. The molecular formula is C20H22N2O4.